The highest BCUT2D eigenvalue weighted by Crippen LogP contribution is 2.14. The Morgan fingerprint density at radius 2 is 2.07 bits per heavy atom. The first-order valence-corrected chi connectivity index (χ1v) is 4.82. The molecule has 0 saturated carbocycles. The minimum atomic E-state index is -0.885. The largest absolute Gasteiger partial charge is 0.478 e. The van der Waals surface area contributed by atoms with E-state index < -0.39 is 5.97 Å². The van der Waals surface area contributed by atoms with E-state index in [1.54, 1.807) is 6.07 Å². The smallest absolute Gasteiger partial charge is 0.337 e. The summed E-state index contributed by atoms with van der Waals surface area (Å²) in [4.78, 5) is 15.2. The van der Waals surface area contributed by atoms with Crippen molar-refractivity contribution in [2.24, 2.45) is 0 Å². The van der Waals surface area contributed by atoms with Crippen LogP contribution in [0.4, 0.5) is 0 Å². The molecule has 0 unspecified atom stereocenters. The van der Waals surface area contributed by atoms with Gasteiger partial charge < -0.3 is 5.11 Å². The molecule has 0 aliphatic heterocycles. The number of carbonyl (C=O) groups is 1. The Labute approximate surface area is 83.8 Å². The number of hydrogen-bond donors (Lipinski definition) is 1. The number of nitrogens with zero attached hydrogens (tertiary/aromatic N) is 1. The minimum Gasteiger partial charge on any atom is -0.478 e. The van der Waals surface area contributed by atoms with Gasteiger partial charge in [0.05, 0.1) is 11.3 Å². The molecule has 0 aliphatic rings. The van der Waals surface area contributed by atoms with Gasteiger partial charge in [-0.25, -0.2) is 4.79 Å². The topological polar surface area (TPSA) is 50.2 Å². The first-order chi connectivity index (χ1) is 6.60. The summed E-state index contributed by atoms with van der Waals surface area (Å²) >= 11 is 0. The van der Waals surface area contributed by atoms with Crippen molar-refractivity contribution < 1.29 is 9.90 Å². The van der Waals surface area contributed by atoms with Gasteiger partial charge in [0, 0.05) is 5.69 Å². The molecule has 1 aromatic rings. The third-order valence-corrected chi connectivity index (χ3v) is 2.34. The standard InChI is InChI=1S/C11H15NO2/c1-4-8-6-9(11(13)14)10(5-2)12-7(8)3/h6H,4-5H2,1-3H3,(H,13,14). The van der Waals surface area contributed by atoms with Gasteiger partial charge in [-0.1, -0.05) is 13.8 Å². The van der Waals surface area contributed by atoms with Crippen LogP contribution in [0, 0.1) is 6.92 Å². The van der Waals surface area contributed by atoms with Gasteiger partial charge in [-0.2, -0.15) is 0 Å². The maximum Gasteiger partial charge on any atom is 0.337 e. The predicted octanol–water partition coefficient (Wildman–Crippen LogP) is 2.21. The molecule has 1 N–H and O–H groups in total. The Hall–Kier alpha value is -1.38. The molecule has 3 heteroatoms. The minimum absolute atomic E-state index is 0.343. The van der Waals surface area contributed by atoms with E-state index in [4.69, 9.17) is 5.11 Å². The van der Waals surface area contributed by atoms with Crippen LogP contribution in [0.2, 0.25) is 0 Å². The van der Waals surface area contributed by atoms with Crippen molar-refractivity contribution in [1.82, 2.24) is 4.98 Å². The fourth-order valence-corrected chi connectivity index (χ4v) is 1.51. The molecule has 0 aliphatic carbocycles. The van der Waals surface area contributed by atoms with Gasteiger partial charge in [0.15, 0.2) is 0 Å². The van der Waals surface area contributed by atoms with Crippen molar-refractivity contribution in [3.63, 3.8) is 0 Å². The molecular weight excluding hydrogens is 178 g/mol. The molecule has 0 saturated heterocycles. The van der Waals surface area contributed by atoms with Crippen molar-refractivity contribution in [3.05, 3.63) is 28.6 Å². The van der Waals surface area contributed by atoms with Crippen molar-refractivity contribution in [2.45, 2.75) is 33.6 Å². The summed E-state index contributed by atoms with van der Waals surface area (Å²) in [6.07, 6.45) is 1.48. The zero-order valence-corrected chi connectivity index (χ0v) is 8.79. The van der Waals surface area contributed by atoms with Crippen molar-refractivity contribution in [1.29, 1.82) is 0 Å². The van der Waals surface area contributed by atoms with Crippen LogP contribution in [0.1, 0.15) is 41.2 Å². The fraction of sp³-hybridized carbons (Fsp3) is 0.455. The quantitative estimate of drug-likeness (QED) is 0.800. The summed E-state index contributed by atoms with van der Waals surface area (Å²) in [5.74, 6) is -0.885. The van der Waals surface area contributed by atoms with Crippen LogP contribution in [-0.2, 0) is 12.8 Å². The molecule has 0 amide bonds. The van der Waals surface area contributed by atoms with E-state index in [9.17, 15) is 4.79 Å². The molecule has 0 spiro atoms. The van der Waals surface area contributed by atoms with E-state index in [-0.39, 0.29) is 0 Å². The molecule has 0 radical (unpaired) electrons. The Kier molecular flexibility index (Phi) is 3.23. The maximum atomic E-state index is 10.9. The summed E-state index contributed by atoms with van der Waals surface area (Å²) in [7, 11) is 0. The van der Waals surface area contributed by atoms with Crippen LogP contribution in [0.15, 0.2) is 6.07 Å². The zero-order valence-electron chi connectivity index (χ0n) is 8.79. The molecule has 0 bridgehead atoms. The van der Waals surface area contributed by atoms with Gasteiger partial charge in [0.2, 0.25) is 0 Å². The summed E-state index contributed by atoms with van der Waals surface area (Å²) in [5, 5.41) is 8.97. The number of pyridine rings is 1. The van der Waals surface area contributed by atoms with E-state index >= 15 is 0 Å². The average molecular weight is 193 g/mol. The number of rotatable bonds is 3. The Balaban J connectivity index is 3.32. The molecular formula is C11H15NO2. The van der Waals surface area contributed by atoms with E-state index in [0.29, 0.717) is 17.7 Å². The summed E-state index contributed by atoms with van der Waals surface area (Å²) in [6, 6.07) is 1.74. The van der Waals surface area contributed by atoms with Gasteiger partial charge in [0.25, 0.3) is 0 Å². The summed E-state index contributed by atoms with van der Waals surface area (Å²) in [5.41, 5.74) is 2.97. The second kappa shape index (κ2) is 4.22. The van der Waals surface area contributed by atoms with E-state index in [0.717, 1.165) is 17.7 Å². The maximum absolute atomic E-state index is 10.9. The number of aromatic carboxylic acids is 1. The van der Waals surface area contributed by atoms with Crippen molar-refractivity contribution in [2.75, 3.05) is 0 Å². The van der Waals surface area contributed by atoms with Gasteiger partial charge in [-0.15, -0.1) is 0 Å². The molecule has 1 rings (SSSR count). The van der Waals surface area contributed by atoms with Crippen molar-refractivity contribution >= 4 is 5.97 Å². The lowest BCUT2D eigenvalue weighted by atomic mass is 10.0. The molecule has 0 fully saturated rings. The van der Waals surface area contributed by atoms with E-state index in [1.165, 1.54) is 0 Å². The number of hydrogen-bond acceptors (Lipinski definition) is 2. The average Bonchev–Trinajstić information content (AvgIpc) is 2.16. The van der Waals surface area contributed by atoms with E-state index in [1.807, 2.05) is 20.8 Å². The Morgan fingerprint density at radius 1 is 1.43 bits per heavy atom. The number of aryl methyl sites for hydroxylation is 3. The van der Waals surface area contributed by atoms with Gasteiger partial charge in [0.1, 0.15) is 0 Å². The Morgan fingerprint density at radius 3 is 2.50 bits per heavy atom. The number of aromatic nitrogens is 1. The lowest BCUT2D eigenvalue weighted by Gasteiger charge is -2.08. The first kappa shape index (κ1) is 10.7. The summed E-state index contributed by atoms with van der Waals surface area (Å²) in [6.45, 7) is 5.84. The highest BCUT2D eigenvalue weighted by Gasteiger charge is 2.12. The van der Waals surface area contributed by atoms with Crippen LogP contribution in [0.5, 0.6) is 0 Å². The van der Waals surface area contributed by atoms with Crippen LogP contribution < -0.4 is 0 Å². The molecule has 1 aromatic heterocycles. The van der Waals surface area contributed by atoms with Gasteiger partial charge >= 0.3 is 5.97 Å². The normalized spacial score (nSPS) is 10.2. The summed E-state index contributed by atoms with van der Waals surface area (Å²) < 4.78 is 0. The molecule has 3 nitrogen and oxygen atoms in total. The fourth-order valence-electron chi connectivity index (χ4n) is 1.51. The predicted molar refractivity (Wildman–Crippen MR) is 54.7 cm³/mol. The van der Waals surface area contributed by atoms with Crippen LogP contribution >= 0.6 is 0 Å². The Bertz CT molecular complexity index is 359. The monoisotopic (exact) mass is 193 g/mol. The number of carboxylic acid groups (broad SMARTS) is 1. The molecule has 0 atom stereocenters. The first-order valence-electron chi connectivity index (χ1n) is 4.82. The van der Waals surface area contributed by atoms with Crippen molar-refractivity contribution in [3.8, 4) is 0 Å². The second-order valence-electron chi connectivity index (χ2n) is 3.24. The second-order valence-corrected chi connectivity index (χ2v) is 3.24. The third kappa shape index (κ3) is 1.92. The van der Waals surface area contributed by atoms with Crippen LogP contribution in [0.3, 0.4) is 0 Å². The highest BCUT2D eigenvalue weighted by atomic mass is 16.4. The number of carboxylic acids is 1. The van der Waals surface area contributed by atoms with Crippen LogP contribution in [-0.4, -0.2) is 16.1 Å². The molecule has 1 heterocycles. The lowest BCUT2D eigenvalue weighted by Crippen LogP contribution is -2.07. The van der Waals surface area contributed by atoms with Gasteiger partial charge in [-0.3, -0.25) is 4.98 Å². The SMILES string of the molecule is CCc1cc(C(=O)O)c(CC)nc1C. The third-order valence-electron chi connectivity index (χ3n) is 2.34. The molecule has 0 aromatic carbocycles. The molecule has 76 valence electrons. The lowest BCUT2D eigenvalue weighted by molar-refractivity contribution is 0.0695. The molecule has 14 heavy (non-hydrogen) atoms. The van der Waals surface area contributed by atoms with Crippen LogP contribution in [0.25, 0.3) is 0 Å². The zero-order chi connectivity index (χ0) is 10.7. The highest BCUT2D eigenvalue weighted by molar-refractivity contribution is 5.89. The van der Waals surface area contributed by atoms with Gasteiger partial charge in [-0.05, 0) is 31.4 Å². The van der Waals surface area contributed by atoms with E-state index in [2.05, 4.69) is 4.98 Å².